The van der Waals surface area contributed by atoms with E-state index in [-0.39, 0.29) is 6.10 Å². The van der Waals surface area contributed by atoms with E-state index in [2.05, 4.69) is 34.7 Å². The van der Waals surface area contributed by atoms with Crippen LogP contribution in [0.5, 0.6) is 0 Å². The molecule has 1 aliphatic rings. The molecule has 4 rings (SSSR count). The predicted octanol–water partition coefficient (Wildman–Crippen LogP) is 2.64. The van der Waals surface area contributed by atoms with Gasteiger partial charge in [0, 0.05) is 29.7 Å². The molecule has 0 spiro atoms. The van der Waals surface area contributed by atoms with Crippen molar-refractivity contribution in [3.05, 3.63) is 42.7 Å². The molecule has 3 N–H and O–H groups in total. The number of hydrogen-bond donors (Lipinski definition) is 3. The number of allylic oxidation sites excluding steroid dienone is 1. The third kappa shape index (κ3) is 4.27. The first-order chi connectivity index (χ1) is 15.1. The Balaban J connectivity index is 1.63. The summed E-state index contributed by atoms with van der Waals surface area (Å²) in [6, 6.07) is 2.26. The van der Waals surface area contributed by atoms with Crippen LogP contribution in [0, 0.1) is 5.41 Å². The molecule has 4 heterocycles. The molecule has 0 bridgehead atoms. The molecule has 0 aromatic carbocycles. The molecule has 1 fully saturated rings. The maximum Gasteiger partial charge on any atom is 0.407 e. The maximum atomic E-state index is 11.1. The van der Waals surface area contributed by atoms with Crippen LogP contribution in [0.15, 0.2) is 37.1 Å². The molecule has 10 nitrogen and oxygen atoms in total. The van der Waals surface area contributed by atoms with E-state index in [9.17, 15) is 4.79 Å². The Morgan fingerprint density at radius 3 is 2.94 bits per heavy atom. The summed E-state index contributed by atoms with van der Waals surface area (Å²) in [4.78, 5) is 16.0. The van der Waals surface area contributed by atoms with Gasteiger partial charge in [-0.2, -0.15) is 10.2 Å². The van der Waals surface area contributed by atoms with Crippen molar-refractivity contribution in [2.75, 3.05) is 13.1 Å². The molecule has 1 saturated heterocycles. The Hall–Kier alpha value is -3.69. The van der Waals surface area contributed by atoms with Crippen molar-refractivity contribution in [2.24, 2.45) is 0 Å². The van der Waals surface area contributed by atoms with Crippen molar-refractivity contribution in [3.63, 3.8) is 0 Å². The number of aromatic nitrogens is 5. The average molecular weight is 422 g/mol. The smallest absolute Gasteiger partial charge is 0.407 e. The summed E-state index contributed by atoms with van der Waals surface area (Å²) in [7, 11) is 0. The highest BCUT2D eigenvalue weighted by Gasteiger charge is 2.21. The molecule has 1 unspecified atom stereocenters. The van der Waals surface area contributed by atoms with Crippen LogP contribution >= 0.6 is 0 Å². The summed E-state index contributed by atoms with van der Waals surface area (Å²) in [6.07, 6.45) is 11.7. The van der Waals surface area contributed by atoms with E-state index in [1.54, 1.807) is 23.1 Å². The minimum Gasteiger partial charge on any atom is -0.442 e. The van der Waals surface area contributed by atoms with E-state index in [4.69, 9.17) is 15.1 Å². The standard InChI is InChI=1S/C21H26N8O2/c1-3-16(4-2)28-12-15(9-26-28)20-19-5-6-25-29(19)13-18(27-20)14(7-22)8-23-10-17-11-24-21(30)31-17/h5-9,12-13,16-17,22-23H,3-4,10-11H2,1-2H3,(H,24,30)/b14-8+,22-7?. The topological polar surface area (TPSA) is 122 Å². The summed E-state index contributed by atoms with van der Waals surface area (Å²) in [6.45, 7) is 5.21. The number of hydrogen-bond acceptors (Lipinski definition) is 7. The van der Waals surface area contributed by atoms with Gasteiger partial charge in [-0.05, 0) is 18.9 Å². The highest BCUT2D eigenvalue weighted by Crippen LogP contribution is 2.26. The van der Waals surface area contributed by atoms with Crippen molar-refractivity contribution >= 4 is 23.4 Å². The van der Waals surface area contributed by atoms with Gasteiger partial charge in [0.2, 0.25) is 0 Å². The first-order valence-corrected chi connectivity index (χ1v) is 10.4. The number of carbonyl (C=O) groups excluding carboxylic acids is 1. The molecule has 3 aromatic heterocycles. The molecule has 162 valence electrons. The SMILES string of the molecule is CCC(CC)n1cc(-c2nc(/C(C=N)=C/NCC3CNC(=O)O3)cn3nccc23)cn1. The van der Waals surface area contributed by atoms with E-state index < -0.39 is 6.09 Å². The van der Waals surface area contributed by atoms with Crippen LogP contribution in [0.2, 0.25) is 0 Å². The van der Waals surface area contributed by atoms with Gasteiger partial charge < -0.3 is 20.8 Å². The van der Waals surface area contributed by atoms with Crippen LogP contribution in [0.1, 0.15) is 38.4 Å². The predicted molar refractivity (Wildman–Crippen MR) is 117 cm³/mol. The zero-order valence-electron chi connectivity index (χ0n) is 17.6. The minimum atomic E-state index is -0.410. The van der Waals surface area contributed by atoms with Crippen LogP contribution < -0.4 is 10.6 Å². The second-order valence-electron chi connectivity index (χ2n) is 7.38. The second kappa shape index (κ2) is 8.99. The van der Waals surface area contributed by atoms with Crippen LogP contribution in [0.4, 0.5) is 4.79 Å². The van der Waals surface area contributed by atoms with E-state index in [1.807, 2.05) is 23.1 Å². The Morgan fingerprint density at radius 2 is 2.23 bits per heavy atom. The van der Waals surface area contributed by atoms with Gasteiger partial charge in [-0.25, -0.2) is 14.3 Å². The number of carbonyl (C=O) groups is 1. The van der Waals surface area contributed by atoms with Gasteiger partial charge in [0.05, 0.1) is 54.6 Å². The van der Waals surface area contributed by atoms with Gasteiger partial charge in [0.15, 0.2) is 0 Å². The summed E-state index contributed by atoms with van der Waals surface area (Å²) >= 11 is 0. The lowest BCUT2D eigenvalue weighted by molar-refractivity contribution is 0.141. The number of rotatable bonds is 9. The number of ether oxygens (including phenoxy) is 1. The van der Waals surface area contributed by atoms with Gasteiger partial charge in [-0.1, -0.05) is 13.8 Å². The summed E-state index contributed by atoms with van der Waals surface area (Å²) in [5.74, 6) is 0. The van der Waals surface area contributed by atoms with Gasteiger partial charge >= 0.3 is 6.09 Å². The average Bonchev–Trinajstić information content (AvgIpc) is 3.52. The van der Waals surface area contributed by atoms with Crippen molar-refractivity contribution in [1.29, 1.82) is 5.41 Å². The second-order valence-corrected chi connectivity index (χ2v) is 7.38. The fraction of sp³-hybridized carbons (Fsp3) is 0.381. The maximum absolute atomic E-state index is 11.1. The molecule has 0 saturated carbocycles. The number of cyclic esters (lactones) is 1. The number of fused-ring (bicyclic) bond motifs is 1. The molecular weight excluding hydrogens is 396 g/mol. The molecule has 3 aromatic rings. The van der Waals surface area contributed by atoms with Gasteiger partial charge in [0.1, 0.15) is 6.10 Å². The molecule has 31 heavy (non-hydrogen) atoms. The van der Waals surface area contributed by atoms with Crippen molar-refractivity contribution in [2.45, 2.75) is 38.8 Å². The van der Waals surface area contributed by atoms with Crippen LogP contribution in [-0.2, 0) is 4.74 Å². The molecule has 1 aliphatic heterocycles. The van der Waals surface area contributed by atoms with Crippen LogP contribution in [0.25, 0.3) is 22.3 Å². The van der Waals surface area contributed by atoms with Crippen LogP contribution in [-0.4, -0.2) is 55.9 Å². The highest BCUT2D eigenvalue weighted by molar-refractivity contribution is 6.07. The first-order valence-electron chi connectivity index (χ1n) is 10.4. The number of alkyl carbamates (subject to hydrolysis) is 1. The lowest BCUT2D eigenvalue weighted by atomic mass is 10.1. The van der Waals surface area contributed by atoms with E-state index >= 15 is 0 Å². The third-order valence-electron chi connectivity index (χ3n) is 5.38. The first kappa shape index (κ1) is 20.6. The quantitative estimate of drug-likeness (QED) is 0.456. The molecule has 10 heteroatoms. The minimum absolute atomic E-state index is 0.247. The van der Waals surface area contributed by atoms with E-state index in [0.29, 0.717) is 30.4 Å². The summed E-state index contributed by atoms with van der Waals surface area (Å²) < 4.78 is 8.85. The normalized spacial score (nSPS) is 16.5. The highest BCUT2D eigenvalue weighted by atomic mass is 16.6. The number of nitrogens with one attached hydrogen (secondary N) is 3. The fourth-order valence-electron chi connectivity index (χ4n) is 3.64. The van der Waals surface area contributed by atoms with Crippen molar-refractivity contribution in [3.8, 4) is 11.3 Å². The third-order valence-corrected chi connectivity index (χ3v) is 5.38. The van der Waals surface area contributed by atoms with Gasteiger partial charge in [-0.15, -0.1) is 0 Å². The Labute approximate surface area is 179 Å². The van der Waals surface area contributed by atoms with Gasteiger partial charge in [0.25, 0.3) is 0 Å². The summed E-state index contributed by atoms with van der Waals surface area (Å²) in [5, 5.41) is 22.5. The molecule has 1 amide bonds. The number of nitrogens with zero attached hydrogens (tertiary/aromatic N) is 5. The lowest BCUT2D eigenvalue weighted by Gasteiger charge is -2.12. The monoisotopic (exact) mass is 422 g/mol. The summed E-state index contributed by atoms with van der Waals surface area (Å²) in [5.41, 5.74) is 3.72. The van der Waals surface area contributed by atoms with Crippen molar-refractivity contribution in [1.82, 2.24) is 35.0 Å². The molecule has 0 aliphatic carbocycles. The Morgan fingerprint density at radius 1 is 1.39 bits per heavy atom. The zero-order valence-corrected chi connectivity index (χ0v) is 17.6. The number of amides is 1. The molecular formula is C21H26N8O2. The van der Waals surface area contributed by atoms with Crippen molar-refractivity contribution < 1.29 is 9.53 Å². The lowest BCUT2D eigenvalue weighted by Crippen LogP contribution is -2.26. The molecule has 0 radical (unpaired) electrons. The molecule has 1 atom stereocenters. The fourth-order valence-corrected chi connectivity index (χ4v) is 3.64. The van der Waals surface area contributed by atoms with Gasteiger partial charge in [-0.3, -0.25) is 4.68 Å². The Bertz CT molecular complexity index is 1110. The zero-order chi connectivity index (χ0) is 21.8. The van der Waals surface area contributed by atoms with Crippen LogP contribution in [0.3, 0.4) is 0 Å². The van der Waals surface area contributed by atoms with E-state index in [0.717, 1.165) is 29.6 Å². The van der Waals surface area contributed by atoms with E-state index in [1.165, 1.54) is 6.21 Å². The Kier molecular flexibility index (Phi) is 5.96. The largest absolute Gasteiger partial charge is 0.442 e.